The first-order valence-corrected chi connectivity index (χ1v) is 7.97. The van der Waals surface area contributed by atoms with Crippen LogP contribution in [0.25, 0.3) is 0 Å². The Hall–Kier alpha value is -1.57. The number of benzene rings is 1. The van der Waals surface area contributed by atoms with Crippen LogP contribution in [0.4, 0.5) is 0 Å². The van der Waals surface area contributed by atoms with Gasteiger partial charge in [0, 0.05) is 20.1 Å². The van der Waals surface area contributed by atoms with E-state index in [2.05, 4.69) is 58.3 Å². The fourth-order valence-corrected chi connectivity index (χ4v) is 2.26. The minimum atomic E-state index is 0. The maximum atomic E-state index is 5.59. The molecule has 0 unspecified atom stereocenters. The molecule has 0 amide bonds. The second-order valence-electron chi connectivity index (χ2n) is 5.76. The number of aryl methyl sites for hydroxylation is 3. The highest BCUT2D eigenvalue weighted by atomic mass is 127. The largest absolute Gasteiger partial charge is 0.444 e. The number of hydrogen-bond donors (Lipinski definition) is 1. The van der Waals surface area contributed by atoms with Crippen LogP contribution >= 0.6 is 24.0 Å². The molecule has 6 heteroatoms. The first-order chi connectivity index (χ1) is 11.0. The Balaban J connectivity index is 0.00000288. The molecule has 1 heterocycles. The third-order valence-corrected chi connectivity index (χ3v) is 3.67. The summed E-state index contributed by atoms with van der Waals surface area (Å²) in [5.41, 5.74) is 3.45. The van der Waals surface area contributed by atoms with Gasteiger partial charge in [0.25, 0.3) is 0 Å². The van der Waals surface area contributed by atoms with E-state index < -0.39 is 0 Å². The predicted octanol–water partition coefficient (Wildman–Crippen LogP) is 3.82. The summed E-state index contributed by atoms with van der Waals surface area (Å²) in [6.07, 6.45) is 0. The van der Waals surface area contributed by atoms with Gasteiger partial charge in [-0.3, -0.25) is 0 Å². The fraction of sp³-hybridized carbons (Fsp3) is 0.444. The molecule has 24 heavy (non-hydrogen) atoms. The van der Waals surface area contributed by atoms with Crippen molar-refractivity contribution in [3.8, 4) is 0 Å². The average molecular weight is 442 g/mol. The summed E-state index contributed by atoms with van der Waals surface area (Å²) in [4.78, 5) is 11.1. The summed E-state index contributed by atoms with van der Waals surface area (Å²) in [5, 5.41) is 3.31. The summed E-state index contributed by atoms with van der Waals surface area (Å²) < 4.78 is 5.59. The number of nitrogens with zero attached hydrogens (tertiary/aromatic N) is 3. The van der Waals surface area contributed by atoms with E-state index in [1.807, 2.05) is 20.9 Å². The molecule has 0 bridgehead atoms. The normalized spacial score (nSPS) is 11.1. The van der Waals surface area contributed by atoms with Crippen LogP contribution < -0.4 is 5.32 Å². The van der Waals surface area contributed by atoms with Crippen molar-refractivity contribution in [3.05, 3.63) is 52.7 Å². The molecule has 0 spiro atoms. The molecule has 0 saturated heterocycles. The number of nitrogens with one attached hydrogen (secondary N) is 1. The Bertz CT molecular complexity index is 645. The van der Waals surface area contributed by atoms with Crippen molar-refractivity contribution >= 4 is 29.9 Å². The van der Waals surface area contributed by atoms with E-state index in [0.29, 0.717) is 12.4 Å². The van der Waals surface area contributed by atoms with Crippen molar-refractivity contribution in [2.45, 2.75) is 40.8 Å². The number of aromatic nitrogens is 1. The van der Waals surface area contributed by atoms with Crippen molar-refractivity contribution in [1.82, 2.24) is 15.2 Å². The minimum absolute atomic E-state index is 0. The predicted molar refractivity (Wildman–Crippen MR) is 109 cm³/mol. The molecular formula is C18H27IN4O. The minimum Gasteiger partial charge on any atom is -0.444 e. The van der Waals surface area contributed by atoms with Crippen LogP contribution in [0.15, 0.2) is 33.7 Å². The summed E-state index contributed by atoms with van der Waals surface area (Å²) in [7, 11) is 2.04. The maximum Gasteiger partial charge on any atom is 0.216 e. The Morgan fingerprint density at radius 2 is 1.88 bits per heavy atom. The van der Waals surface area contributed by atoms with Gasteiger partial charge in [0.2, 0.25) is 5.89 Å². The van der Waals surface area contributed by atoms with Crippen molar-refractivity contribution in [2.75, 3.05) is 13.6 Å². The third-order valence-electron chi connectivity index (χ3n) is 3.67. The Kier molecular flexibility index (Phi) is 8.24. The number of guanidine groups is 1. The van der Waals surface area contributed by atoms with Gasteiger partial charge in [-0.1, -0.05) is 29.8 Å². The van der Waals surface area contributed by atoms with Crippen LogP contribution in [-0.2, 0) is 13.1 Å². The van der Waals surface area contributed by atoms with Gasteiger partial charge < -0.3 is 14.6 Å². The lowest BCUT2D eigenvalue weighted by Gasteiger charge is -2.22. The highest BCUT2D eigenvalue weighted by Gasteiger charge is 2.09. The number of oxazole rings is 1. The van der Waals surface area contributed by atoms with Crippen LogP contribution in [0.5, 0.6) is 0 Å². The smallest absolute Gasteiger partial charge is 0.216 e. The molecule has 0 atom stereocenters. The van der Waals surface area contributed by atoms with Gasteiger partial charge in [-0.2, -0.15) is 0 Å². The molecule has 1 N–H and O–H groups in total. The number of hydrogen-bond acceptors (Lipinski definition) is 3. The van der Waals surface area contributed by atoms with Crippen LogP contribution in [0.2, 0.25) is 0 Å². The zero-order valence-corrected chi connectivity index (χ0v) is 17.4. The first-order valence-electron chi connectivity index (χ1n) is 7.97. The van der Waals surface area contributed by atoms with E-state index in [0.717, 1.165) is 30.5 Å². The van der Waals surface area contributed by atoms with E-state index in [1.54, 1.807) is 0 Å². The third kappa shape index (κ3) is 5.81. The molecule has 5 nitrogen and oxygen atoms in total. The SMILES string of the molecule is CCNC(=NCc1nc(C)c(C)o1)N(C)Cc1ccc(C)cc1.I. The number of halogens is 1. The Morgan fingerprint density at radius 3 is 2.42 bits per heavy atom. The summed E-state index contributed by atoms with van der Waals surface area (Å²) in [6.45, 7) is 10.1. The molecule has 0 aliphatic carbocycles. The summed E-state index contributed by atoms with van der Waals surface area (Å²) in [5.74, 6) is 2.36. The average Bonchev–Trinajstić information content (AvgIpc) is 2.84. The molecule has 0 radical (unpaired) electrons. The van der Waals surface area contributed by atoms with Gasteiger partial charge >= 0.3 is 0 Å². The number of rotatable bonds is 5. The molecule has 2 rings (SSSR count). The Labute approximate surface area is 161 Å². The lowest BCUT2D eigenvalue weighted by molar-refractivity contribution is 0.458. The van der Waals surface area contributed by atoms with E-state index in [-0.39, 0.29) is 24.0 Å². The van der Waals surface area contributed by atoms with Crippen molar-refractivity contribution in [3.63, 3.8) is 0 Å². The highest BCUT2D eigenvalue weighted by molar-refractivity contribution is 14.0. The van der Waals surface area contributed by atoms with E-state index in [9.17, 15) is 0 Å². The standard InChI is InChI=1S/C18H26N4O.HI/c1-6-19-18(20-11-17-21-14(3)15(4)23-17)22(5)12-16-9-7-13(2)8-10-16;/h7-10H,6,11-12H2,1-5H3,(H,19,20);1H. The quantitative estimate of drug-likeness (QED) is 0.435. The zero-order chi connectivity index (χ0) is 16.8. The number of aliphatic imine (C=N–C) groups is 1. The van der Waals surface area contributed by atoms with E-state index in [1.165, 1.54) is 11.1 Å². The van der Waals surface area contributed by atoms with Crippen molar-refractivity contribution in [2.24, 2.45) is 4.99 Å². The molecule has 1 aromatic heterocycles. The molecule has 0 aliphatic rings. The zero-order valence-electron chi connectivity index (χ0n) is 15.1. The monoisotopic (exact) mass is 442 g/mol. The van der Waals surface area contributed by atoms with Crippen LogP contribution in [0.3, 0.4) is 0 Å². The van der Waals surface area contributed by atoms with Gasteiger partial charge in [0.05, 0.1) is 5.69 Å². The molecule has 1 aromatic carbocycles. The molecule has 0 aliphatic heterocycles. The second-order valence-corrected chi connectivity index (χ2v) is 5.76. The van der Waals surface area contributed by atoms with Gasteiger partial charge in [-0.05, 0) is 33.3 Å². The topological polar surface area (TPSA) is 53.7 Å². The van der Waals surface area contributed by atoms with E-state index in [4.69, 9.17) is 4.42 Å². The van der Waals surface area contributed by atoms with Crippen LogP contribution in [0.1, 0.15) is 35.4 Å². The van der Waals surface area contributed by atoms with Gasteiger partial charge in [0.15, 0.2) is 5.96 Å². The molecule has 132 valence electrons. The van der Waals surface area contributed by atoms with Gasteiger partial charge in [-0.25, -0.2) is 9.98 Å². The van der Waals surface area contributed by atoms with Crippen LogP contribution in [0, 0.1) is 20.8 Å². The lowest BCUT2D eigenvalue weighted by atomic mass is 10.1. The highest BCUT2D eigenvalue weighted by Crippen LogP contribution is 2.10. The van der Waals surface area contributed by atoms with Crippen LogP contribution in [-0.4, -0.2) is 29.4 Å². The summed E-state index contributed by atoms with van der Waals surface area (Å²) in [6, 6.07) is 8.56. The molecule has 0 fully saturated rings. The first kappa shape index (κ1) is 20.5. The van der Waals surface area contributed by atoms with E-state index >= 15 is 0 Å². The second kappa shape index (κ2) is 9.66. The molecule has 2 aromatic rings. The van der Waals surface area contributed by atoms with Crippen molar-refractivity contribution in [1.29, 1.82) is 0 Å². The Morgan fingerprint density at radius 1 is 1.21 bits per heavy atom. The maximum absolute atomic E-state index is 5.59. The molecule has 0 saturated carbocycles. The lowest BCUT2D eigenvalue weighted by Crippen LogP contribution is -2.38. The van der Waals surface area contributed by atoms with Gasteiger partial charge in [0.1, 0.15) is 12.3 Å². The van der Waals surface area contributed by atoms with Gasteiger partial charge in [-0.15, -0.1) is 24.0 Å². The molecular weight excluding hydrogens is 415 g/mol. The summed E-state index contributed by atoms with van der Waals surface area (Å²) >= 11 is 0. The van der Waals surface area contributed by atoms with Crippen molar-refractivity contribution < 1.29 is 4.42 Å². The fourth-order valence-electron chi connectivity index (χ4n) is 2.26.